The number of urea groups is 1. The fraction of sp³-hybridized carbons (Fsp3) is 0.194. The van der Waals surface area contributed by atoms with Gasteiger partial charge in [-0.1, -0.05) is 74.5 Å². The molecule has 220 valence electrons. The summed E-state index contributed by atoms with van der Waals surface area (Å²) in [6.45, 7) is 3.56. The number of nitrogens with one attached hydrogen (secondary N) is 2. The lowest BCUT2D eigenvalue weighted by Gasteiger charge is -2.17. The standard InChI is InChI=1S/C31H32N2O7S2/c1-3-29(23-11-7-5-8-12-23)41(35,36)39-27-19-15-25(16-20-27)32-31(34)33-26-17-21-28(22-18-26)40-42(37,38)30(4-2)24-13-9-6-10-14-24/h5-22,29-30H,3-4H2,1-2H3,(H2,32,33,34). The van der Waals surface area contributed by atoms with Gasteiger partial charge in [0.1, 0.15) is 22.0 Å². The van der Waals surface area contributed by atoms with Crippen LogP contribution < -0.4 is 19.0 Å². The lowest BCUT2D eigenvalue weighted by Crippen LogP contribution is -2.20. The molecular formula is C31H32N2O7S2. The Labute approximate surface area is 246 Å². The van der Waals surface area contributed by atoms with Crippen molar-refractivity contribution in [3.05, 3.63) is 120 Å². The molecule has 2 amide bonds. The molecule has 0 heterocycles. The minimum Gasteiger partial charge on any atom is -0.382 e. The molecule has 0 aromatic heterocycles. The van der Waals surface area contributed by atoms with Crippen molar-refractivity contribution in [2.75, 3.05) is 10.6 Å². The van der Waals surface area contributed by atoms with Crippen molar-refractivity contribution in [2.24, 2.45) is 0 Å². The molecule has 0 radical (unpaired) electrons. The molecule has 0 aliphatic rings. The number of hydrogen-bond acceptors (Lipinski definition) is 7. The summed E-state index contributed by atoms with van der Waals surface area (Å²) in [7, 11) is -7.88. The summed E-state index contributed by atoms with van der Waals surface area (Å²) in [5, 5.41) is 3.68. The van der Waals surface area contributed by atoms with Gasteiger partial charge in [0.2, 0.25) is 0 Å². The first-order valence-electron chi connectivity index (χ1n) is 13.4. The Hall–Kier alpha value is -4.35. The zero-order chi connectivity index (χ0) is 30.2. The van der Waals surface area contributed by atoms with E-state index in [-0.39, 0.29) is 11.5 Å². The maximum atomic E-state index is 12.9. The summed E-state index contributed by atoms with van der Waals surface area (Å²) in [6, 6.07) is 29.1. The van der Waals surface area contributed by atoms with Gasteiger partial charge >= 0.3 is 26.3 Å². The van der Waals surface area contributed by atoms with Gasteiger partial charge in [0.05, 0.1) is 0 Å². The largest absolute Gasteiger partial charge is 0.382 e. The summed E-state index contributed by atoms with van der Waals surface area (Å²) in [4.78, 5) is 12.5. The van der Waals surface area contributed by atoms with Crippen LogP contribution in [-0.2, 0) is 20.2 Å². The second-order valence-corrected chi connectivity index (χ2v) is 12.8. The highest BCUT2D eigenvalue weighted by Crippen LogP contribution is 2.30. The molecule has 0 bridgehead atoms. The van der Waals surface area contributed by atoms with Crippen LogP contribution in [0.4, 0.5) is 16.2 Å². The van der Waals surface area contributed by atoms with Crippen LogP contribution in [0, 0.1) is 0 Å². The Kier molecular flexibility index (Phi) is 9.87. The molecule has 42 heavy (non-hydrogen) atoms. The molecule has 0 aliphatic carbocycles. The topological polar surface area (TPSA) is 128 Å². The number of anilines is 2. The normalized spacial score (nSPS) is 13.0. The van der Waals surface area contributed by atoms with Gasteiger partial charge in [0.15, 0.2) is 0 Å². The Morgan fingerprint density at radius 1 is 0.571 bits per heavy atom. The van der Waals surface area contributed by atoms with Crippen LogP contribution in [0.2, 0.25) is 0 Å². The molecule has 2 N–H and O–H groups in total. The van der Waals surface area contributed by atoms with Crippen LogP contribution in [0.15, 0.2) is 109 Å². The summed E-state index contributed by atoms with van der Waals surface area (Å²) in [5.41, 5.74) is 2.11. The molecule has 2 atom stereocenters. The molecule has 0 fully saturated rings. The van der Waals surface area contributed by atoms with E-state index in [9.17, 15) is 21.6 Å². The quantitative estimate of drug-likeness (QED) is 0.165. The lowest BCUT2D eigenvalue weighted by atomic mass is 10.1. The lowest BCUT2D eigenvalue weighted by molar-refractivity contribution is 0.262. The highest BCUT2D eigenvalue weighted by Gasteiger charge is 2.28. The van der Waals surface area contributed by atoms with Crippen LogP contribution in [-0.4, -0.2) is 22.9 Å². The summed E-state index contributed by atoms with van der Waals surface area (Å²) in [5.74, 6) is 0.247. The Morgan fingerprint density at radius 2 is 0.905 bits per heavy atom. The molecular weight excluding hydrogens is 576 g/mol. The summed E-state index contributed by atoms with van der Waals surface area (Å²) >= 11 is 0. The first-order chi connectivity index (χ1) is 20.1. The van der Waals surface area contributed by atoms with Crippen molar-refractivity contribution in [3.8, 4) is 11.5 Å². The first kappa shape index (κ1) is 30.6. The van der Waals surface area contributed by atoms with E-state index < -0.39 is 36.8 Å². The molecule has 4 aromatic rings. The van der Waals surface area contributed by atoms with Gasteiger partial charge in [0, 0.05) is 11.4 Å². The van der Waals surface area contributed by atoms with Gasteiger partial charge in [-0.05, 0) is 72.5 Å². The number of rotatable bonds is 12. The van der Waals surface area contributed by atoms with Crippen LogP contribution in [0.25, 0.3) is 0 Å². The molecule has 0 saturated heterocycles. The number of benzene rings is 4. The fourth-order valence-corrected chi connectivity index (χ4v) is 7.20. The predicted octanol–water partition coefficient (Wildman–Crippen LogP) is 7.05. The maximum Gasteiger partial charge on any atom is 0.323 e. The van der Waals surface area contributed by atoms with Gasteiger partial charge in [-0.2, -0.15) is 16.8 Å². The molecule has 0 saturated carbocycles. The van der Waals surface area contributed by atoms with Gasteiger partial charge in [-0.15, -0.1) is 0 Å². The van der Waals surface area contributed by atoms with Crippen LogP contribution in [0.1, 0.15) is 48.3 Å². The van der Waals surface area contributed by atoms with E-state index in [2.05, 4.69) is 10.6 Å². The number of carbonyl (C=O) groups excluding carboxylic acids is 1. The van der Waals surface area contributed by atoms with Gasteiger partial charge in [0.25, 0.3) is 0 Å². The number of carbonyl (C=O) groups is 1. The zero-order valence-corrected chi connectivity index (χ0v) is 24.8. The van der Waals surface area contributed by atoms with Crippen molar-refractivity contribution >= 4 is 37.6 Å². The second kappa shape index (κ2) is 13.5. The van der Waals surface area contributed by atoms with Crippen molar-refractivity contribution in [1.82, 2.24) is 0 Å². The van der Waals surface area contributed by atoms with Crippen LogP contribution >= 0.6 is 0 Å². The minimum absolute atomic E-state index is 0.124. The van der Waals surface area contributed by atoms with E-state index in [0.29, 0.717) is 35.3 Å². The van der Waals surface area contributed by atoms with E-state index in [4.69, 9.17) is 8.37 Å². The molecule has 2 unspecified atom stereocenters. The molecule has 9 nitrogen and oxygen atoms in total. The predicted molar refractivity (Wildman–Crippen MR) is 164 cm³/mol. The van der Waals surface area contributed by atoms with Crippen LogP contribution in [0.5, 0.6) is 11.5 Å². The van der Waals surface area contributed by atoms with Gasteiger partial charge in [-0.25, -0.2) is 4.79 Å². The van der Waals surface area contributed by atoms with Gasteiger partial charge < -0.3 is 19.0 Å². The van der Waals surface area contributed by atoms with E-state index in [1.165, 1.54) is 48.5 Å². The third kappa shape index (κ3) is 7.89. The molecule has 11 heteroatoms. The fourth-order valence-electron chi connectivity index (χ4n) is 4.41. The highest BCUT2D eigenvalue weighted by atomic mass is 32.2. The van der Waals surface area contributed by atoms with E-state index in [0.717, 1.165) is 0 Å². The smallest absolute Gasteiger partial charge is 0.323 e. The molecule has 0 aliphatic heterocycles. The Bertz CT molecular complexity index is 1550. The van der Waals surface area contributed by atoms with E-state index in [1.807, 2.05) is 12.1 Å². The summed E-state index contributed by atoms with van der Waals surface area (Å²) in [6.07, 6.45) is 0.698. The van der Waals surface area contributed by atoms with Gasteiger partial charge in [-0.3, -0.25) is 0 Å². The third-order valence-corrected chi connectivity index (χ3v) is 9.88. The van der Waals surface area contributed by atoms with Crippen LogP contribution in [0.3, 0.4) is 0 Å². The van der Waals surface area contributed by atoms with E-state index in [1.54, 1.807) is 62.4 Å². The van der Waals surface area contributed by atoms with Crippen molar-refractivity contribution in [2.45, 2.75) is 37.2 Å². The minimum atomic E-state index is -3.94. The Balaban J connectivity index is 1.33. The second-order valence-electron chi connectivity index (χ2n) is 9.40. The van der Waals surface area contributed by atoms with Crippen molar-refractivity contribution < 1.29 is 30.0 Å². The zero-order valence-electron chi connectivity index (χ0n) is 23.1. The van der Waals surface area contributed by atoms with Crippen molar-refractivity contribution in [3.63, 3.8) is 0 Å². The van der Waals surface area contributed by atoms with E-state index >= 15 is 0 Å². The third-order valence-electron chi connectivity index (χ3n) is 6.43. The SMILES string of the molecule is CCC(c1ccccc1)S(=O)(=O)Oc1ccc(NC(=O)Nc2ccc(OS(=O)(=O)C(CC)c3ccccc3)cc2)cc1. The number of hydrogen-bond donors (Lipinski definition) is 2. The molecule has 4 aromatic carbocycles. The molecule has 0 spiro atoms. The maximum absolute atomic E-state index is 12.9. The summed E-state index contributed by atoms with van der Waals surface area (Å²) < 4.78 is 62.2. The monoisotopic (exact) mass is 608 g/mol. The first-order valence-corrected chi connectivity index (χ1v) is 16.3. The average Bonchev–Trinajstić information content (AvgIpc) is 2.96. The number of amides is 2. The molecule has 4 rings (SSSR count). The Morgan fingerprint density at radius 3 is 1.21 bits per heavy atom. The van der Waals surface area contributed by atoms with Crippen molar-refractivity contribution in [1.29, 1.82) is 0 Å². The highest BCUT2D eigenvalue weighted by molar-refractivity contribution is 7.87. The average molecular weight is 609 g/mol.